The number of carboxylic acid groups (broad SMARTS) is 1. The van der Waals surface area contributed by atoms with Gasteiger partial charge in [0.25, 0.3) is 0 Å². The number of aromatic nitrogens is 3. The van der Waals surface area contributed by atoms with E-state index in [1.807, 2.05) is 22.7 Å². The van der Waals surface area contributed by atoms with E-state index in [0.29, 0.717) is 0 Å². The molecule has 3 aromatic rings. The summed E-state index contributed by atoms with van der Waals surface area (Å²) < 4.78 is 1.82. The van der Waals surface area contributed by atoms with Gasteiger partial charge in [0.1, 0.15) is 6.33 Å². The highest BCUT2D eigenvalue weighted by Gasteiger charge is 2.04. The molecule has 2 heterocycles. The van der Waals surface area contributed by atoms with Crippen LogP contribution in [-0.4, -0.2) is 25.7 Å². The molecule has 18 heavy (non-hydrogen) atoms. The van der Waals surface area contributed by atoms with E-state index in [4.69, 9.17) is 5.11 Å². The Balaban J connectivity index is 2.05. The van der Waals surface area contributed by atoms with E-state index in [-0.39, 0.29) is 5.56 Å². The lowest BCUT2D eigenvalue weighted by atomic mass is 10.1. The number of hydrogen-bond donors (Lipinski definition) is 1. The Hall–Kier alpha value is -2.69. The summed E-state index contributed by atoms with van der Waals surface area (Å²) in [6, 6.07) is 10.6. The number of nitrogens with zero attached hydrogens (tertiary/aromatic N) is 3. The van der Waals surface area contributed by atoms with Crippen molar-refractivity contribution in [2.75, 3.05) is 0 Å². The summed E-state index contributed by atoms with van der Waals surface area (Å²) in [5.74, 6) is -0.921. The van der Waals surface area contributed by atoms with Crippen molar-refractivity contribution < 1.29 is 9.90 Å². The van der Waals surface area contributed by atoms with Crippen LogP contribution in [0.4, 0.5) is 0 Å². The summed E-state index contributed by atoms with van der Waals surface area (Å²) in [5, 5.41) is 16.6. The maximum atomic E-state index is 10.8. The minimum absolute atomic E-state index is 0.282. The summed E-state index contributed by atoms with van der Waals surface area (Å²) in [6.45, 7) is 0. The van der Waals surface area contributed by atoms with Crippen LogP contribution in [0.5, 0.6) is 0 Å². The van der Waals surface area contributed by atoms with Crippen molar-refractivity contribution in [2.45, 2.75) is 0 Å². The SMILES string of the molecule is O=C(O)c1ccc(-c2ccc3nncn3c2)cc1. The third-order valence-electron chi connectivity index (χ3n) is 2.76. The van der Waals surface area contributed by atoms with E-state index >= 15 is 0 Å². The zero-order valence-electron chi connectivity index (χ0n) is 9.32. The molecule has 0 radical (unpaired) electrons. The Morgan fingerprint density at radius 1 is 1.06 bits per heavy atom. The number of carboxylic acids is 1. The molecule has 88 valence electrons. The number of pyridine rings is 1. The molecule has 5 nitrogen and oxygen atoms in total. The van der Waals surface area contributed by atoms with Crippen molar-refractivity contribution in [1.82, 2.24) is 14.6 Å². The maximum absolute atomic E-state index is 10.8. The molecule has 1 aromatic carbocycles. The highest BCUT2D eigenvalue weighted by Crippen LogP contribution is 2.20. The topological polar surface area (TPSA) is 67.5 Å². The van der Waals surface area contributed by atoms with Crippen molar-refractivity contribution in [2.24, 2.45) is 0 Å². The molecule has 0 atom stereocenters. The van der Waals surface area contributed by atoms with Gasteiger partial charge < -0.3 is 5.11 Å². The van der Waals surface area contributed by atoms with Gasteiger partial charge in [-0.05, 0) is 35.4 Å². The summed E-state index contributed by atoms with van der Waals surface area (Å²) in [5.41, 5.74) is 3.00. The Bertz CT molecular complexity index is 716. The van der Waals surface area contributed by atoms with Crippen LogP contribution >= 0.6 is 0 Å². The summed E-state index contributed by atoms with van der Waals surface area (Å²) in [7, 11) is 0. The fraction of sp³-hybridized carbons (Fsp3) is 0. The second kappa shape index (κ2) is 3.96. The predicted molar refractivity (Wildman–Crippen MR) is 65.4 cm³/mol. The quantitative estimate of drug-likeness (QED) is 0.743. The monoisotopic (exact) mass is 239 g/mol. The first-order valence-electron chi connectivity index (χ1n) is 5.37. The molecule has 0 aliphatic carbocycles. The van der Waals surface area contributed by atoms with Gasteiger partial charge in [0.2, 0.25) is 0 Å². The average Bonchev–Trinajstić information content (AvgIpc) is 2.86. The Labute approximate surface area is 102 Å². The molecule has 1 N–H and O–H groups in total. The number of benzene rings is 1. The third kappa shape index (κ3) is 1.71. The lowest BCUT2D eigenvalue weighted by Gasteiger charge is -2.03. The predicted octanol–water partition coefficient (Wildman–Crippen LogP) is 2.09. The molecule has 0 unspecified atom stereocenters. The molecule has 0 amide bonds. The van der Waals surface area contributed by atoms with Gasteiger partial charge in [-0.1, -0.05) is 12.1 Å². The van der Waals surface area contributed by atoms with Gasteiger partial charge >= 0.3 is 5.97 Å². The largest absolute Gasteiger partial charge is 0.478 e. The van der Waals surface area contributed by atoms with Crippen molar-refractivity contribution in [1.29, 1.82) is 0 Å². The molecule has 0 fully saturated rings. The van der Waals surface area contributed by atoms with Crippen molar-refractivity contribution in [3.8, 4) is 11.1 Å². The number of carbonyl (C=O) groups is 1. The van der Waals surface area contributed by atoms with Crippen molar-refractivity contribution in [3.63, 3.8) is 0 Å². The smallest absolute Gasteiger partial charge is 0.335 e. The molecule has 0 aliphatic heterocycles. The Kier molecular flexibility index (Phi) is 2.30. The summed E-state index contributed by atoms with van der Waals surface area (Å²) in [4.78, 5) is 10.8. The molecule has 0 saturated carbocycles. The number of hydrogen-bond acceptors (Lipinski definition) is 3. The maximum Gasteiger partial charge on any atom is 0.335 e. The van der Waals surface area contributed by atoms with Crippen molar-refractivity contribution >= 4 is 11.6 Å². The minimum atomic E-state index is -0.921. The van der Waals surface area contributed by atoms with Gasteiger partial charge in [0.15, 0.2) is 5.65 Å². The number of aromatic carboxylic acids is 1. The van der Waals surface area contributed by atoms with Gasteiger partial charge in [0.05, 0.1) is 5.56 Å². The van der Waals surface area contributed by atoms with Gasteiger partial charge in [-0.15, -0.1) is 10.2 Å². The van der Waals surface area contributed by atoms with Crippen LogP contribution in [0.2, 0.25) is 0 Å². The Morgan fingerprint density at radius 2 is 1.78 bits per heavy atom. The molecule has 0 spiro atoms. The highest BCUT2D eigenvalue weighted by molar-refractivity contribution is 5.88. The van der Waals surface area contributed by atoms with Gasteiger partial charge in [-0.25, -0.2) is 4.79 Å². The van der Waals surface area contributed by atoms with Crippen LogP contribution in [0.1, 0.15) is 10.4 Å². The summed E-state index contributed by atoms with van der Waals surface area (Å²) in [6.07, 6.45) is 3.54. The molecule has 2 aromatic heterocycles. The number of rotatable bonds is 2. The van der Waals surface area contributed by atoms with Crippen LogP contribution in [0, 0.1) is 0 Å². The van der Waals surface area contributed by atoms with Crippen LogP contribution in [0.25, 0.3) is 16.8 Å². The Morgan fingerprint density at radius 3 is 2.50 bits per heavy atom. The first-order chi connectivity index (χ1) is 8.74. The zero-order chi connectivity index (χ0) is 12.5. The molecule has 0 bridgehead atoms. The van der Waals surface area contributed by atoms with Crippen molar-refractivity contribution in [3.05, 3.63) is 54.5 Å². The van der Waals surface area contributed by atoms with Crippen LogP contribution < -0.4 is 0 Å². The van der Waals surface area contributed by atoms with E-state index in [9.17, 15) is 4.79 Å². The highest BCUT2D eigenvalue weighted by atomic mass is 16.4. The van der Waals surface area contributed by atoms with E-state index in [1.54, 1.807) is 30.6 Å². The molecule has 5 heteroatoms. The molecular weight excluding hydrogens is 230 g/mol. The van der Waals surface area contributed by atoms with Gasteiger partial charge in [-0.3, -0.25) is 4.40 Å². The van der Waals surface area contributed by atoms with E-state index in [0.717, 1.165) is 16.8 Å². The normalized spacial score (nSPS) is 10.7. The summed E-state index contributed by atoms with van der Waals surface area (Å²) >= 11 is 0. The van der Waals surface area contributed by atoms with E-state index in [2.05, 4.69) is 10.2 Å². The van der Waals surface area contributed by atoms with Crippen LogP contribution in [-0.2, 0) is 0 Å². The van der Waals surface area contributed by atoms with Gasteiger partial charge in [-0.2, -0.15) is 0 Å². The fourth-order valence-corrected chi connectivity index (χ4v) is 1.80. The average molecular weight is 239 g/mol. The third-order valence-corrected chi connectivity index (χ3v) is 2.76. The molecule has 0 aliphatic rings. The van der Waals surface area contributed by atoms with E-state index in [1.165, 1.54) is 0 Å². The molecule has 0 saturated heterocycles. The molecule has 3 rings (SSSR count). The lowest BCUT2D eigenvalue weighted by Crippen LogP contribution is -1.95. The minimum Gasteiger partial charge on any atom is -0.478 e. The first kappa shape index (κ1) is 10.5. The van der Waals surface area contributed by atoms with Gasteiger partial charge in [0, 0.05) is 6.20 Å². The number of fused-ring (bicyclic) bond motifs is 1. The fourth-order valence-electron chi connectivity index (χ4n) is 1.80. The standard InChI is InChI=1S/C13H9N3O2/c17-13(18)10-3-1-9(2-4-10)11-5-6-12-15-14-8-16(12)7-11/h1-8H,(H,17,18). The van der Waals surface area contributed by atoms with E-state index < -0.39 is 5.97 Å². The first-order valence-corrected chi connectivity index (χ1v) is 5.37. The molecular formula is C13H9N3O2. The van der Waals surface area contributed by atoms with Crippen LogP contribution in [0.15, 0.2) is 48.9 Å². The lowest BCUT2D eigenvalue weighted by molar-refractivity contribution is 0.0697. The van der Waals surface area contributed by atoms with Crippen LogP contribution in [0.3, 0.4) is 0 Å². The second-order valence-corrected chi connectivity index (χ2v) is 3.90. The second-order valence-electron chi connectivity index (χ2n) is 3.90. The zero-order valence-corrected chi connectivity index (χ0v) is 9.32.